The molecule has 0 bridgehead atoms. The lowest BCUT2D eigenvalue weighted by atomic mass is 10.2. The maximum absolute atomic E-state index is 12.3. The summed E-state index contributed by atoms with van der Waals surface area (Å²) in [6.07, 6.45) is 0. The molecule has 0 unspecified atom stereocenters. The van der Waals surface area contributed by atoms with Crippen LogP contribution in [0.3, 0.4) is 0 Å². The van der Waals surface area contributed by atoms with Crippen LogP contribution in [0.15, 0.2) is 69.9 Å². The molecule has 0 spiro atoms. The fourth-order valence-corrected chi connectivity index (χ4v) is 2.58. The van der Waals surface area contributed by atoms with Crippen molar-refractivity contribution in [2.45, 2.75) is 0 Å². The largest absolute Gasteiger partial charge is 0.403 e. The van der Waals surface area contributed by atoms with Gasteiger partial charge in [0.2, 0.25) is 10.7 Å². The van der Waals surface area contributed by atoms with Gasteiger partial charge in [-0.05, 0) is 36.5 Å². The molecule has 0 aliphatic rings. The highest BCUT2D eigenvalue weighted by Gasteiger charge is 2.13. The lowest BCUT2D eigenvalue weighted by Crippen LogP contribution is -2.24. The van der Waals surface area contributed by atoms with E-state index >= 15 is 0 Å². The molecule has 2 heterocycles. The SMILES string of the molecule is O=c1nc2oc(-c3ccccc3)nn2c(=S)n1-c1ccccc1. The van der Waals surface area contributed by atoms with Crippen LogP contribution in [-0.4, -0.2) is 19.2 Å². The van der Waals surface area contributed by atoms with Crippen molar-refractivity contribution >= 4 is 18.1 Å². The highest BCUT2D eigenvalue weighted by molar-refractivity contribution is 7.71. The maximum atomic E-state index is 12.3. The zero-order valence-electron chi connectivity index (χ0n) is 11.8. The summed E-state index contributed by atoms with van der Waals surface area (Å²) in [5, 5.41) is 4.33. The third kappa shape index (κ3) is 2.27. The average molecular weight is 322 g/mol. The van der Waals surface area contributed by atoms with Crippen molar-refractivity contribution in [3.05, 3.63) is 75.9 Å². The quantitative estimate of drug-likeness (QED) is 0.531. The molecular formula is C16H10N4O2S. The second-order valence-electron chi connectivity index (χ2n) is 4.82. The smallest absolute Gasteiger partial charge is 0.359 e. The van der Waals surface area contributed by atoms with Gasteiger partial charge < -0.3 is 4.42 Å². The molecule has 0 atom stereocenters. The second kappa shape index (κ2) is 5.29. The van der Waals surface area contributed by atoms with Crippen LogP contribution in [0.4, 0.5) is 0 Å². The number of para-hydroxylation sites is 1. The number of hydrogen-bond donors (Lipinski definition) is 0. The standard InChI is InChI=1S/C16H10N4O2S/c21-14-17-15-20(16(23)19(14)12-9-5-2-6-10-12)18-13(22-15)11-7-3-1-4-8-11/h1-10H. The summed E-state index contributed by atoms with van der Waals surface area (Å²) >= 11 is 5.39. The highest BCUT2D eigenvalue weighted by atomic mass is 32.1. The molecule has 0 N–H and O–H groups in total. The Balaban J connectivity index is 1.99. The maximum Gasteiger partial charge on any atom is 0.359 e. The van der Waals surface area contributed by atoms with E-state index in [4.69, 9.17) is 16.6 Å². The normalized spacial score (nSPS) is 11.0. The summed E-state index contributed by atoms with van der Waals surface area (Å²) in [6.45, 7) is 0. The van der Waals surface area contributed by atoms with Crippen LogP contribution in [0.1, 0.15) is 0 Å². The van der Waals surface area contributed by atoms with Crippen LogP contribution < -0.4 is 5.69 Å². The molecule has 0 amide bonds. The van der Waals surface area contributed by atoms with Crippen molar-refractivity contribution in [1.82, 2.24) is 19.2 Å². The zero-order valence-corrected chi connectivity index (χ0v) is 12.6. The van der Waals surface area contributed by atoms with Gasteiger partial charge in [-0.1, -0.05) is 36.4 Å². The number of nitrogens with zero attached hydrogens (tertiary/aromatic N) is 4. The Bertz CT molecular complexity index is 1100. The van der Waals surface area contributed by atoms with E-state index in [9.17, 15) is 4.79 Å². The average Bonchev–Trinajstić information content (AvgIpc) is 3.01. The van der Waals surface area contributed by atoms with E-state index in [0.717, 1.165) is 5.56 Å². The first-order chi connectivity index (χ1) is 11.2. The van der Waals surface area contributed by atoms with Crippen molar-refractivity contribution in [3.8, 4) is 17.1 Å². The molecule has 4 aromatic rings. The molecule has 7 heteroatoms. The number of hydrogen-bond acceptors (Lipinski definition) is 5. The molecule has 2 aromatic carbocycles. The predicted octanol–water partition coefficient (Wildman–Crippen LogP) is 2.87. The molecule has 0 radical (unpaired) electrons. The lowest BCUT2D eigenvalue weighted by Gasteiger charge is -2.03. The second-order valence-corrected chi connectivity index (χ2v) is 5.18. The minimum Gasteiger partial charge on any atom is -0.403 e. The van der Waals surface area contributed by atoms with Crippen LogP contribution >= 0.6 is 12.2 Å². The summed E-state index contributed by atoms with van der Waals surface area (Å²) in [4.78, 5) is 16.2. The van der Waals surface area contributed by atoms with Crippen LogP contribution in [0.25, 0.3) is 23.0 Å². The molecule has 0 saturated carbocycles. The Morgan fingerprint density at radius 1 is 0.957 bits per heavy atom. The molecule has 2 aromatic heterocycles. The van der Waals surface area contributed by atoms with Gasteiger partial charge in [-0.3, -0.25) is 0 Å². The van der Waals surface area contributed by atoms with Gasteiger partial charge in [0.1, 0.15) is 0 Å². The summed E-state index contributed by atoms with van der Waals surface area (Å²) in [6, 6.07) is 18.4. The minimum absolute atomic E-state index is 0.0750. The van der Waals surface area contributed by atoms with Crippen LogP contribution in [0.5, 0.6) is 0 Å². The molecule has 4 rings (SSSR count). The van der Waals surface area contributed by atoms with E-state index in [0.29, 0.717) is 11.6 Å². The van der Waals surface area contributed by atoms with Crippen molar-refractivity contribution in [2.75, 3.05) is 0 Å². The molecule has 0 saturated heterocycles. The number of benzene rings is 2. The van der Waals surface area contributed by atoms with Crippen molar-refractivity contribution in [1.29, 1.82) is 0 Å². The summed E-state index contributed by atoms with van der Waals surface area (Å²) in [5.41, 5.74) is 0.914. The summed E-state index contributed by atoms with van der Waals surface area (Å²) in [7, 11) is 0. The van der Waals surface area contributed by atoms with Crippen LogP contribution in [-0.2, 0) is 0 Å². The van der Waals surface area contributed by atoms with E-state index in [1.165, 1.54) is 9.08 Å². The molecule has 6 nitrogen and oxygen atoms in total. The first kappa shape index (κ1) is 13.6. The third-order valence-corrected chi connectivity index (χ3v) is 3.71. The van der Waals surface area contributed by atoms with E-state index in [1.807, 2.05) is 48.5 Å². The van der Waals surface area contributed by atoms with Crippen molar-refractivity contribution in [3.63, 3.8) is 0 Å². The third-order valence-electron chi connectivity index (χ3n) is 3.35. The Morgan fingerprint density at radius 3 is 2.30 bits per heavy atom. The molecular weight excluding hydrogens is 312 g/mol. The Hall–Kier alpha value is -3.06. The molecule has 112 valence electrons. The van der Waals surface area contributed by atoms with Crippen LogP contribution in [0.2, 0.25) is 0 Å². The molecule has 0 aliphatic heterocycles. The van der Waals surface area contributed by atoms with Gasteiger partial charge in [-0.2, -0.15) is 4.52 Å². The van der Waals surface area contributed by atoms with Crippen molar-refractivity contribution in [2.24, 2.45) is 0 Å². The summed E-state index contributed by atoms with van der Waals surface area (Å²) in [5.74, 6) is 0.431. The van der Waals surface area contributed by atoms with Gasteiger partial charge in [-0.25, -0.2) is 9.36 Å². The van der Waals surface area contributed by atoms with E-state index < -0.39 is 5.69 Å². The van der Waals surface area contributed by atoms with Crippen molar-refractivity contribution < 1.29 is 4.42 Å². The summed E-state index contributed by atoms with van der Waals surface area (Å²) < 4.78 is 8.45. The van der Waals surface area contributed by atoms with Gasteiger partial charge in [-0.15, -0.1) is 10.1 Å². The highest BCUT2D eigenvalue weighted by Crippen LogP contribution is 2.18. The lowest BCUT2D eigenvalue weighted by molar-refractivity contribution is 0.593. The van der Waals surface area contributed by atoms with Gasteiger partial charge in [0, 0.05) is 5.56 Å². The predicted molar refractivity (Wildman–Crippen MR) is 87.1 cm³/mol. The molecule has 0 aliphatic carbocycles. The molecule has 0 fully saturated rings. The van der Waals surface area contributed by atoms with E-state index in [2.05, 4.69) is 10.1 Å². The Morgan fingerprint density at radius 2 is 1.61 bits per heavy atom. The van der Waals surface area contributed by atoms with E-state index in [-0.39, 0.29) is 10.6 Å². The van der Waals surface area contributed by atoms with Gasteiger partial charge >= 0.3 is 11.5 Å². The number of fused-ring (bicyclic) bond motifs is 1. The fraction of sp³-hybridized carbons (Fsp3) is 0. The first-order valence-corrected chi connectivity index (χ1v) is 7.28. The van der Waals surface area contributed by atoms with Gasteiger partial charge in [0.15, 0.2) is 0 Å². The molecule has 23 heavy (non-hydrogen) atoms. The minimum atomic E-state index is -0.503. The van der Waals surface area contributed by atoms with Crippen LogP contribution in [0, 0.1) is 4.77 Å². The zero-order chi connectivity index (χ0) is 15.8. The van der Waals surface area contributed by atoms with Gasteiger partial charge in [0.25, 0.3) is 0 Å². The van der Waals surface area contributed by atoms with E-state index in [1.54, 1.807) is 12.1 Å². The number of rotatable bonds is 2. The monoisotopic (exact) mass is 322 g/mol. The number of aromatic nitrogens is 4. The van der Waals surface area contributed by atoms with Gasteiger partial charge in [0.05, 0.1) is 5.69 Å². The fourth-order valence-electron chi connectivity index (χ4n) is 2.28. The topological polar surface area (TPSA) is 65.3 Å². The Labute approximate surface area is 135 Å². The Kier molecular flexibility index (Phi) is 3.13. The first-order valence-electron chi connectivity index (χ1n) is 6.88.